The largest absolute Gasteiger partial charge is 0.491 e. The molecule has 1 saturated heterocycles. The van der Waals surface area contributed by atoms with Crippen molar-refractivity contribution in [1.82, 2.24) is 14.7 Å². The Balaban J connectivity index is 1.22. The molecule has 0 saturated carbocycles. The van der Waals surface area contributed by atoms with Crippen molar-refractivity contribution in [2.24, 2.45) is 0 Å². The minimum Gasteiger partial charge on any atom is -0.491 e. The van der Waals surface area contributed by atoms with Crippen LogP contribution in [0.25, 0.3) is 0 Å². The molecular formula is C26H37N3O2. The van der Waals surface area contributed by atoms with Crippen LogP contribution < -0.4 is 4.74 Å². The number of hydrogen-bond donors (Lipinski definition) is 1. The fraction of sp³-hybridized carbons (Fsp3) is 0.538. The molecule has 0 aliphatic carbocycles. The van der Waals surface area contributed by atoms with Gasteiger partial charge in [-0.25, -0.2) is 0 Å². The van der Waals surface area contributed by atoms with Gasteiger partial charge in [0.25, 0.3) is 0 Å². The van der Waals surface area contributed by atoms with E-state index in [1.807, 2.05) is 6.07 Å². The Morgan fingerprint density at radius 1 is 0.903 bits per heavy atom. The maximum Gasteiger partial charge on any atom is 0.119 e. The molecule has 2 aliphatic heterocycles. The number of aliphatic hydroxyl groups is 1. The van der Waals surface area contributed by atoms with Gasteiger partial charge in [-0.2, -0.15) is 0 Å². The third-order valence-electron chi connectivity index (χ3n) is 6.56. The van der Waals surface area contributed by atoms with E-state index in [4.69, 9.17) is 4.74 Å². The van der Waals surface area contributed by atoms with Crippen molar-refractivity contribution in [1.29, 1.82) is 0 Å². The van der Waals surface area contributed by atoms with Crippen molar-refractivity contribution in [2.45, 2.75) is 45.5 Å². The van der Waals surface area contributed by atoms with E-state index < -0.39 is 6.10 Å². The normalized spacial score (nSPS) is 19.4. The fourth-order valence-electron chi connectivity index (χ4n) is 4.68. The Bertz CT molecular complexity index is 833. The molecule has 2 heterocycles. The van der Waals surface area contributed by atoms with E-state index in [9.17, 15) is 5.11 Å². The molecule has 31 heavy (non-hydrogen) atoms. The molecule has 168 valence electrons. The van der Waals surface area contributed by atoms with Crippen LogP contribution in [-0.4, -0.2) is 77.8 Å². The summed E-state index contributed by atoms with van der Waals surface area (Å²) in [7, 11) is 0. The van der Waals surface area contributed by atoms with Gasteiger partial charge in [-0.05, 0) is 49.1 Å². The molecule has 0 radical (unpaired) electrons. The van der Waals surface area contributed by atoms with Crippen molar-refractivity contribution in [3.8, 4) is 5.75 Å². The molecular weight excluding hydrogens is 386 g/mol. The quantitative estimate of drug-likeness (QED) is 0.707. The maximum absolute atomic E-state index is 10.5. The topological polar surface area (TPSA) is 39.2 Å². The molecule has 1 unspecified atom stereocenters. The highest BCUT2D eigenvalue weighted by atomic mass is 16.5. The van der Waals surface area contributed by atoms with Crippen LogP contribution in [0.3, 0.4) is 0 Å². The lowest BCUT2D eigenvalue weighted by atomic mass is 10.00. The average Bonchev–Trinajstić information content (AvgIpc) is 2.78. The highest BCUT2D eigenvalue weighted by molar-refractivity contribution is 5.29. The van der Waals surface area contributed by atoms with Crippen LogP contribution in [0.5, 0.6) is 5.75 Å². The first kappa shape index (κ1) is 22.3. The van der Waals surface area contributed by atoms with E-state index in [1.54, 1.807) is 0 Å². The molecule has 0 aromatic heterocycles. The lowest BCUT2D eigenvalue weighted by molar-refractivity contribution is 0.0637. The predicted octanol–water partition coefficient (Wildman–Crippen LogP) is 3.01. The second-order valence-corrected chi connectivity index (χ2v) is 9.27. The molecule has 1 atom stereocenters. The Morgan fingerprint density at radius 2 is 1.68 bits per heavy atom. The van der Waals surface area contributed by atoms with Gasteiger partial charge >= 0.3 is 0 Å². The summed E-state index contributed by atoms with van der Waals surface area (Å²) in [5.41, 5.74) is 4.09. The molecule has 5 nitrogen and oxygen atoms in total. The second-order valence-electron chi connectivity index (χ2n) is 9.27. The molecule has 4 rings (SSSR count). The van der Waals surface area contributed by atoms with Gasteiger partial charge < -0.3 is 9.84 Å². The van der Waals surface area contributed by atoms with Crippen LogP contribution in [0, 0.1) is 0 Å². The molecule has 2 aromatic carbocycles. The Hall–Kier alpha value is -1.92. The lowest BCUT2D eigenvalue weighted by Crippen LogP contribution is -2.48. The SMILES string of the molecule is CC(C)N1CCN(Cc2cccc(OCC(O)CN3CCc4ccccc4C3)c2)CC1. The van der Waals surface area contributed by atoms with Crippen LogP contribution in [0.1, 0.15) is 30.5 Å². The number of benzene rings is 2. The van der Waals surface area contributed by atoms with Crippen molar-refractivity contribution < 1.29 is 9.84 Å². The molecule has 2 aromatic rings. The van der Waals surface area contributed by atoms with Gasteiger partial charge in [-0.3, -0.25) is 14.7 Å². The Morgan fingerprint density at radius 3 is 2.45 bits per heavy atom. The molecule has 0 amide bonds. The average molecular weight is 424 g/mol. The Labute approximate surface area is 187 Å². The zero-order valence-electron chi connectivity index (χ0n) is 19.0. The summed E-state index contributed by atoms with van der Waals surface area (Å²) in [4.78, 5) is 7.38. The summed E-state index contributed by atoms with van der Waals surface area (Å²) in [6.07, 6.45) is 0.565. The number of piperazine rings is 1. The molecule has 0 bridgehead atoms. The van der Waals surface area contributed by atoms with Crippen molar-refractivity contribution in [3.63, 3.8) is 0 Å². The standard InChI is InChI=1S/C26H37N3O2/c1-21(2)29-14-12-27(13-15-29)17-22-6-5-9-26(16-22)31-20-25(30)19-28-11-10-23-7-3-4-8-24(23)18-28/h3-9,16,21,25,30H,10-15,17-20H2,1-2H3. The summed E-state index contributed by atoms with van der Waals surface area (Å²) in [6.45, 7) is 12.9. The van der Waals surface area contributed by atoms with Crippen LogP contribution in [0.4, 0.5) is 0 Å². The number of β-amino-alcohol motifs (C(OH)–C–C–N with tert-alkyl or cyclic N) is 1. The zero-order valence-corrected chi connectivity index (χ0v) is 19.0. The first-order chi connectivity index (χ1) is 15.1. The van der Waals surface area contributed by atoms with Gasteiger partial charge in [0.05, 0.1) is 0 Å². The molecule has 1 fully saturated rings. The number of fused-ring (bicyclic) bond motifs is 1. The first-order valence-electron chi connectivity index (χ1n) is 11.7. The summed E-state index contributed by atoms with van der Waals surface area (Å²) >= 11 is 0. The van der Waals surface area contributed by atoms with Crippen molar-refractivity contribution >= 4 is 0 Å². The highest BCUT2D eigenvalue weighted by Gasteiger charge is 2.20. The number of ether oxygens (including phenoxy) is 1. The van der Waals surface area contributed by atoms with E-state index in [-0.39, 0.29) is 0 Å². The fourth-order valence-corrected chi connectivity index (χ4v) is 4.68. The smallest absolute Gasteiger partial charge is 0.119 e. The first-order valence-corrected chi connectivity index (χ1v) is 11.7. The van der Waals surface area contributed by atoms with E-state index in [2.05, 4.69) is 71.0 Å². The minimum absolute atomic E-state index is 0.328. The van der Waals surface area contributed by atoms with Crippen molar-refractivity contribution in [2.75, 3.05) is 45.9 Å². The van der Waals surface area contributed by atoms with Gasteiger partial charge in [0.1, 0.15) is 18.5 Å². The maximum atomic E-state index is 10.5. The van der Waals surface area contributed by atoms with E-state index in [0.717, 1.165) is 58.0 Å². The minimum atomic E-state index is -0.488. The third kappa shape index (κ3) is 6.30. The van der Waals surface area contributed by atoms with Crippen LogP contribution in [0.2, 0.25) is 0 Å². The summed E-state index contributed by atoms with van der Waals surface area (Å²) in [5.74, 6) is 0.848. The highest BCUT2D eigenvalue weighted by Crippen LogP contribution is 2.19. The lowest BCUT2D eigenvalue weighted by Gasteiger charge is -2.37. The summed E-state index contributed by atoms with van der Waals surface area (Å²) < 4.78 is 5.95. The van der Waals surface area contributed by atoms with Gasteiger partial charge in [-0.1, -0.05) is 36.4 Å². The van der Waals surface area contributed by atoms with Gasteiger partial charge in [0.15, 0.2) is 0 Å². The molecule has 2 aliphatic rings. The Kier molecular flexibility index (Phi) is 7.62. The monoisotopic (exact) mass is 423 g/mol. The van der Waals surface area contributed by atoms with E-state index in [0.29, 0.717) is 19.2 Å². The van der Waals surface area contributed by atoms with Crippen molar-refractivity contribution in [3.05, 3.63) is 65.2 Å². The van der Waals surface area contributed by atoms with Crippen LogP contribution in [-0.2, 0) is 19.5 Å². The summed E-state index contributed by atoms with van der Waals surface area (Å²) in [5, 5.41) is 10.5. The molecule has 1 N–H and O–H groups in total. The van der Waals surface area contributed by atoms with Crippen LogP contribution >= 0.6 is 0 Å². The molecule has 0 spiro atoms. The second kappa shape index (κ2) is 10.6. The van der Waals surface area contributed by atoms with Gasteiger partial charge in [-0.15, -0.1) is 0 Å². The zero-order chi connectivity index (χ0) is 21.6. The van der Waals surface area contributed by atoms with Crippen LogP contribution in [0.15, 0.2) is 48.5 Å². The van der Waals surface area contributed by atoms with Gasteiger partial charge in [0.2, 0.25) is 0 Å². The van der Waals surface area contributed by atoms with Gasteiger partial charge in [0, 0.05) is 58.4 Å². The number of nitrogens with zero attached hydrogens (tertiary/aromatic N) is 3. The third-order valence-corrected chi connectivity index (χ3v) is 6.56. The van der Waals surface area contributed by atoms with E-state index in [1.165, 1.54) is 16.7 Å². The summed E-state index contributed by atoms with van der Waals surface area (Å²) in [6, 6.07) is 17.6. The molecule has 5 heteroatoms. The van der Waals surface area contributed by atoms with E-state index >= 15 is 0 Å². The number of aliphatic hydroxyl groups excluding tert-OH is 1. The number of rotatable bonds is 8. The number of hydrogen-bond acceptors (Lipinski definition) is 5. The predicted molar refractivity (Wildman–Crippen MR) is 125 cm³/mol.